The minimum Gasteiger partial charge on any atom is -0.497 e. The van der Waals surface area contributed by atoms with Crippen molar-refractivity contribution in [1.82, 2.24) is 14.8 Å². The van der Waals surface area contributed by atoms with Crippen LogP contribution in [0.1, 0.15) is 34.0 Å². The number of nitrogens with two attached hydrogens (primary N) is 1. The maximum Gasteiger partial charge on any atom is 0.167 e. The number of ether oxygens (including phenoxy) is 1. The number of hydrogen-bond donors (Lipinski definition) is 1. The number of carbonyl (C=O) groups excluding carboxylic acids is 1. The van der Waals surface area contributed by atoms with Crippen molar-refractivity contribution in [1.29, 1.82) is 0 Å². The standard InChI is InChI=1S/C23H19FN4O2/c1-30-17-7-2-4-13(8-17)14-9-19-21(20(29)10-14)22(25)18-12-26-28(23(18)27-19)16-6-3-5-15(24)11-16/h2-8,11-12,14H,9-10H2,1H3,(H2,25,27). The Bertz CT molecular complexity index is 1300. The average Bonchev–Trinajstić information content (AvgIpc) is 3.17. The minimum atomic E-state index is -0.365. The first-order valence-corrected chi connectivity index (χ1v) is 9.64. The number of carbonyl (C=O) groups is 1. The molecule has 4 aromatic rings. The van der Waals surface area contributed by atoms with E-state index in [4.69, 9.17) is 15.5 Å². The number of Topliss-reactive ketones (excluding diaryl/α,β-unsaturated/α-hetero) is 1. The zero-order valence-electron chi connectivity index (χ0n) is 16.3. The molecule has 0 saturated carbocycles. The van der Waals surface area contributed by atoms with Crippen LogP contribution in [-0.4, -0.2) is 27.7 Å². The highest BCUT2D eigenvalue weighted by Crippen LogP contribution is 2.38. The van der Waals surface area contributed by atoms with Crippen molar-refractivity contribution >= 4 is 22.5 Å². The Labute approximate surface area is 172 Å². The average molecular weight is 402 g/mol. The fourth-order valence-electron chi connectivity index (χ4n) is 4.13. The van der Waals surface area contributed by atoms with Gasteiger partial charge in [0.15, 0.2) is 11.4 Å². The predicted octanol–water partition coefficient (Wildman–Crippen LogP) is 4.06. The molecule has 5 rings (SSSR count). The van der Waals surface area contributed by atoms with E-state index in [0.29, 0.717) is 46.5 Å². The van der Waals surface area contributed by atoms with Crippen LogP contribution in [0.4, 0.5) is 10.1 Å². The first kappa shape index (κ1) is 18.3. The Hall–Kier alpha value is -3.74. The molecule has 2 N–H and O–H groups in total. The molecule has 30 heavy (non-hydrogen) atoms. The Balaban J connectivity index is 1.63. The molecule has 0 saturated heterocycles. The van der Waals surface area contributed by atoms with Crippen LogP contribution in [0.5, 0.6) is 5.75 Å². The number of hydrogen-bond acceptors (Lipinski definition) is 5. The predicted molar refractivity (Wildman–Crippen MR) is 112 cm³/mol. The number of ketones is 1. The van der Waals surface area contributed by atoms with Gasteiger partial charge in [0, 0.05) is 6.42 Å². The minimum absolute atomic E-state index is 0.0185. The van der Waals surface area contributed by atoms with Gasteiger partial charge in [-0.3, -0.25) is 4.79 Å². The van der Waals surface area contributed by atoms with E-state index >= 15 is 0 Å². The van der Waals surface area contributed by atoms with Crippen molar-refractivity contribution in [3.05, 3.63) is 77.4 Å². The molecule has 150 valence electrons. The first-order chi connectivity index (χ1) is 14.5. The first-order valence-electron chi connectivity index (χ1n) is 9.64. The van der Waals surface area contributed by atoms with Crippen LogP contribution in [0.25, 0.3) is 16.7 Å². The molecule has 2 aromatic carbocycles. The monoisotopic (exact) mass is 402 g/mol. The number of pyridine rings is 1. The van der Waals surface area contributed by atoms with Crippen molar-refractivity contribution < 1.29 is 13.9 Å². The Kier molecular flexibility index (Phi) is 4.24. The molecule has 0 radical (unpaired) electrons. The van der Waals surface area contributed by atoms with Gasteiger partial charge in [0.25, 0.3) is 0 Å². The molecule has 0 aliphatic heterocycles. The van der Waals surface area contributed by atoms with E-state index in [0.717, 1.165) is 11.3 Å². The highest BCUT2D eigenvalue weighted by Gasteiger charge is 2.31. The molecule has 0 fully saturated rings. The van der Waals surface area contributed by atoms with E-state index < -0.39 is 0 Å². The lowest BCUT2D eigenvalue weighted by atomic mass is 9.81. The number of anilines is 1. The van der Waals surface area contributed by atoms with Gasteiger partial charge in [0.05, 0.1) is 41.3 Å². The maximum absolute atomic E-state index is 13.7. The van der Waals surface area contributed by atoms with Gasteiger partial charge in [-0.15, -0.1) is 0 Å². The second-order valence-electron chi connectivity index (χ2n) is 7.43. The third-order valence-electron chi connectivity index (χ3n) is 5.60. The number of aromatic nitrogens is 3. The van der Waals surface area contributed by atoms with E-state index in [-0.39, 0.29) is 17.5 Å². The van der Waals surface area contributed by atoms with Crippen molar-refractivity contribution in [3.8, 4) is 11.4 Å². The molecule has 0 bridgehead atoms. The van der Waals surface area contributed by atoms with E-state index in [1.165, 1.54) is 12.1 Å². The normalized spacial score (nSPS) is 15.9. The second kappa shape index (κ2) is 6.95. The Morgan fingerprint density at radius 1 is 1.17 bits per heavy atom. The number of nitrogen functional groups attached to an aromatic ring is 1. The van der Waals surface area contributed by atoms with Crippen molar-refractivity contribution in [2.24, 2.45) is 0 Å². The van der Waals surface area contributed by atoms with Gasteiger partial charge in [-0.1, -0.05) is 18.2 Å². The summed E-state index contributed by atoms with van der Waals surface area (Å²) in [5.41, 5.74) is 9.94. The fraction of sp³-hybridized carbons (Fsp3) is 0.174. The number of benzene rings is 2. The zero-order chi connectivity index (χ0) is 20.8. The van der Waals surface area contributed by atoms with E-state index in [1.807, 2.05) is 24.3 Å². The quantitative estimate of drug-likeness (QED) is 0.559. The van der Waals surface area contributed by atoms with Crippen LogP contribution in [0.2, 0.25) is 0 Å². The van der Waals surface area contributed by atoms with Gasteiger partial charge >= 0.3 is 0 Å². The number of methoxy groups -OCH3 is 1. The van der Waals surface area contributed by atoms with Gasteiger partial charge in [0.1, 0.15) is 11.6 Å². The number of halogens is 1. The third-order valence-corrected chi connectivity index (χ3v) is 5.60. The highest BCUT2D eigenvalue weighted by molar-refractivity contribution is 6.09. The topological polar surface area (TPSA) is 83.0 Å². The molecule has 6 nitrogen and oxygen atoms in total. The Morgan fingerprint density at radius 3 is 2.80 bits per heavy atom. The fourth-order valence-corrected chi connectivity index (χ4v) is 4.13. The molecule has 1 aliphatic rings. The Morgan fingerprint density at radius 2 is 2.00 bits per heavy atom. The van der Waals surface area contributed by atoms with Crippen LogP contribution in [0.15, 0.2) is 54.7 Å². The van der Waals surface area contributed by atoms with Crippen LogP contribution in [0, 0.1) is 5.82 Å². The summed E-state index contributed by atoms with van der Waals surface area (Å²) in [5, 5.41) is 4.93. The lowest BCUT2D eigenvalue weighted by Gasteiger charge is -2.25. The lowest BCUT2D eigenvalue weighted by Crippen LogP contribution is -2.22. The molecule has 1 aliphatic carbocycles. The molecule has 7 heteroatoms. The summed E-state index contributed by atoms with van der Waals surface area (Å²) >= 11 is 0. The summed E-state index contributed by atoms with van der Waals surface area (Å²) in [6, 6.07) is 13.8. The summed E-state index contributed by atoms with van der Waals surface area (Å²) in [6.45, 7) is 0. The van der Waals surface area contributed by atoms with Gasteiger partial charge < -0.3 is 10.5 Å². The number of rotatable bonds is 3. The summed E-state index contributed by atoms with van der Waals surface area (Å²) in [4.78, 5) is 17.7. The summed E-state index contributed by atoms with van der Waals surface area (Å²) in [5.74, 6) is 0.331. The summed E-state index contributed by atoms with van der Waals surface area (Å²) in [6.07, 6.45) is 2.50. The van der Waals surface area contributed by atoms with Gasteiger partial charge in [-0.25, -0.2) is 14.1 Å². The maximum atomic E-state index is 13.7. The molecule has 0 amide bonds. The largest absolute Gasteiger partial charge is 0.497 e. The van der Waals surface area contributed by atoms with Crippen molar-refractivity contribution in [2.75, 3.05) is 12.8 Å². The van der Waals surface area contributed by atoms with E-state index in [1.54, 1.807) is 30.1 Å². The second-order valence-corrected chi connectivity index (χ2v) is 7.43. The molecular weight excluding hydrogens is 383 g/mol. The van der Waals surface area contributed by atoms with E-state index in [9.17, 15) is 9.18 Å². The SMILES string of the molecule is COc1cccc(C2CC(=O)c3c(nc4c(cnn4-c4cccc(F)c4)c3N)C2)c1. The van der Waals surface area contributed by atoms with Crippen LogP contribution in [0.3, 0.4) is 0 Å². The molecule has 1 unspecified atom stereocenters. The third kappa shape index (κ3) is 2.90. The summed E-state index contributed by atoms with van der Waals surface area (Å²) < 4.78 is 20.6. The van der Waals surface area contributed by atoms with Gasteiger partial charge in [-0.2, -0.15) is 5.10 Å². The molecular formula is C23H19FN4O2. The number of fused-ring (bicyclic) bond motifs is 2. The summed E-state index contributed by atoms with van der Waals surface area (Å²) in [7, 11) is 1.62. The number of nitrogens with zero attached hydrogens (tertiary/aromatic N) is 3. The van der Waals surface area contributed by atoms with Crippen LogP contribution >= 0.6 is 0 Å². The molecule has 2 aromatic heterocycles. The van der Waals surface area contributed by atoms with Crippen LogP contribution < -0.4 is 10.5 Å². The van der Waals surface area contributed by atoms with E-state index in [2.05, 4.69) is 5.10 Å². The molecule has 0 spiro atoms. The van der Waals surface area contributed by atoms with Crippen molar-refractivity contribution in [3.63, 3.8) is 0 Å². The van der Waals surface area contributed by atoms with Crippen molar-refractivity contribution in [2.45, 2.75) is 18.8 Å². The zero-order valence-corrected chi connectivity index (χ0v) is 16.3. The van der Waals surface area contributed by atoms with Crippen LogP contribution in [-0.2, 0) is 6.42 Å². The molecule has 2 heterocycles. The highest BCUT2D eigenvalue weighted by atomic mass is 19.1. The van der Waals surface area contributed by atoms with Gasteiger partial charge in [-0.05, 0) is 48.2 Å². The molecule has 1 atom stereocenters. The lowest BCUT2D eigenvalue weighted by molar-refractivity contribution is 0.0964. The van der Waals surface area contributed by atoms with Gasteiger partial charge in [0.2, 0.25) is 0 Å². The smallest absolute Gasteiger partial charge is 0.167 e.